The molecule has 4 aromatic rings. The van der Waals surface area contributed by atoms with Crippen molar-refractivity contribution < 1.29 is 9.53 Å². The molecule has 11 nitrogen and oxygen atoms in total. The Hall–Kier alpha value is -4.15. The van der Waals surface area contributed by atoms with Gasteiger partial charge in [-0.2, -0.15) is 15.1 Å². The molecule has 0 radical (unpaired) electrons. The number of rotatable bonds is 7. The van der Waals surface area contributed by atoms with Crippen LogP contribution in [-0.2, 0) is 18.3 Å². The molecule has 0 bridgehead atoms. The monoisotopic (exact) mass is 545 g/mol. The Morgan fingerprint density at radius 1 is 1.15 bits per heavy atom. The maximum Gasteiger partial charge on any atom is 0.407 e. The number of imidazole rings is 1. The van der Waals surface area contributed by atoms with Crippen LogP contribution in [0.4, 0.5) is 16.6 Å². The molecule has 0 spiro atoms. The van der Waals surface area contributed by atoms with Crippen molar-refractivity contribution in [1.82, 2.24) is 34.6 Å². The summed E-state index contributed by atoms with van der Waals surface area (Å²) in [5.74, 6) is 1.36. The lowest BCUT2D eigenvalue weighted by molar-refractivity contribution is 0.0497. The molecule has 1 aromatic carbocycles. The van der Waals surface area contributed by atoms with Crippen LogP contribution in [0.3, 0.4) is 0 Å². The van der Waals surface area contributed by atoms with E-state index in [4.69, 9.17) is 14.7 Å². The van der Waals surface area contributed by atoms with E-state index in [9.17, 15) is 4.79 Å². The Morgan fingerprint density at radius 3 is 2.58 bits per heavy atom. The summed E-state index contributed by atoms with van der Waals surface area (Å²) in [6.07, 6.45) is 6.93. The third-order valence-corrected chi connectivity index (χ3v) is 6.94. The number of anilines is 2. The second-order valence-corrected chi connectivity index (χ2v) is 11.6. The minimum atomic E-state index is -0.519. The topological polar surface area (TPSA) is 115 Å². The number of amides is 1. The van der Waals surface area contributed by atoms with Crippen LogP contribution < -0.4 is 15.5 Å². The lowest BCUT2D eigenvalue weighted by atomic mass is 10.0. The van der Waals surface area contributed by atoms with Crippen molar-refractivity contribution in [2.75, 3.05) is 23.3 Å². The van der Waals surface area contributed by atoms with Crippen LogP contribution in [0.25, 0.3) is 22.3 Å². The van der Waals surface area contributed by atoms with E-state index in [0.717, 1.165) is 53.8 Å². The molecule has 0 atom stereocenters. The van der Waals surface area contributed by atoms with Gasteiger partial charge in [-0.15, -0.1) is 0 Å². The van der Waals surface area contributed by atoms with Gasteiger partial charge in [0.1, 0.15) is 5.60 Å². The number of ether oxygens (including phenoxy) is 1. The average molecular weight is 546 g/mol. The number of aryl methyl sites for hydroxylation is 1. The molecule has 4 heterocycles. The fourth-order valence-electron chi connectivity index (χ4n) is 4.94. The number of carbonyl (C=O) groups is 1. The summed E-state index contributed by atoms with van der Waals surface area (Å²) in [5.41, 5.74) is 4.37. The Balaban J connectivity index is 1.36. The van der Waals surface area contributed by atoms with E-state index in [1.165, 1.54) is 0 Å². The lowest BCUT2D eigenvalue weighted by Crippen LogP contribution is -2.46. The van der Waals surface area contributed by atoms with Gasteiger partial charge >= 0.3 is 6.09 Å². The van der Waals surface area contributed by atoms with Crippen molar-refractivity contribution in [1.29, 1.82) is 0 Å². The van der Waals surface area contributed by atoms with Crippen LogP contribution in [0.5, 0.6) is 0 Å². The van der Waals surface area contributed by atoms with E-state index in [-0.39, 0.29) is 18.2 Å². The van der Waals surface area contributed by atoms with Gasteiger partial charge in [0.15, 0.2) is 17.0 Å². The van der Waals surface area contributed by atoms with Gasteiger partial charge in [-0.25, -0.2) is 9.78 Å². The number of nitrogens with one attached hydrogen (secondary N) is 2. The summed E-state index contributed by atoms with van der Waals surface area (Å²) in [6, 6.07) is 8.56. The highest BCUT2D eigenvalue weighted by Gasteiger charge is 2.26. The molecular weight excluding hydrogens is 506 g/mol. The smallest absolute Gasteiger partial charge is 0.407 e. The normalized spacial score (nSPS) is 14.6. The van der Waals surface area contributed by atoms with E-state index in [2.05, 4.69) is 56.2 Å². The molecule has 1 saturated heterocycles. The summed E-state index contributed by atoms with van der Waals surface area (Å²) < 4.78 is 9.32. The molecule has 1 amide bonds. The van der Waals surface area contributed by atoms with Gasteiger partial charge in [-0.05, 0) is 58.6 Å². The predicted molar refractivity (Wildman–Crippen MR) is 156 cm³/mol. The quantitative estimate of drug-likeness (QED) is 0.337. The molecule has 0 saturated carbocycles. The first-order valence-corrected chi connectivity index (χ1v) is 13.9. The molecule has 11 heteroatoms. The molecule has 0 unspecified atom stereocenters. The largest absolute Gasteiger partial charge is 0.444 e. The van der Waals surface area contributed by atoms with E-state index in [1.54, 1.807) is 0 Å². The Bertz CT molecular complexity index is 1480. The molecule has 5 rings (SSSR count). The first-order valence-electron chi connectivity index (χ1n) is 13.9. The maximum absolute atomic E-state index is 12.3. The highest BCUT2D eigenvalue weighted by Crippen LogP contribution is 2.28. The lowest BCUT2D eigenvalue weighted by Gasteiger charge is -2.33. The fraction of sp³-hybridized carbons (Fsp3) is 0.483. The molecule has 1 fully saturated rings. The van der Waals surface area contributed by atoms with Crippen LogP contribution in [0.1, 0.15) is 59.1 Å². The predicted octanol–water partition coefficient (Wildman–Crippen LogP) is 4.91. The zero-order valence-electron chi connectivity index (χ0n) is 24.2. The van der Waals surface area contributed by atoms with Crippen molar-refractivity contribution in [3.63, 3.8) is 0 Å². The first kappa shape index (κ1) is 27.4. The van der Waals surface area contributed by atoms with Crippen molar-refractivity contribution in [2.45, 2.75) is 71.7 Å². The molecule has 2 N–H and O–H groups in total. The Morgan fingerprint density at radius 2 is 1.90 bits per heavy atom. The minimum absolute atomic E-state index is 0.0533. The first-order chi connectivity index (χ1) is 19.1. The van der Waals surface area contributed by atoms with Crippen LogP contribution in [-0.4, -0.2) is 60.1 Å². The average Bonchev–Trinajstić information content (AvgIpc) is 3.53. The van der Waals surface area contributed by atoms with Crippen molar-refractivity contribution in [3.8, 4) is 11.1 Å². The van der Waals surface area contributed by atoms with Crippen LogP contribution in [0.2, 0.25) is 0 Å². The number of benzene rings is 1. The molecule has 1 aliphatic heterocycles. The number of piperidine rings is 1. The van der Waals surface area contributed by atoms with Gasteiger partial charge in [0.05, 0.1) is 12.5 Å². The summed E-state index contributed by atoms with van der Waals surface area (Å²) in [6.45, 7) is 11.9. The maximum atomic E-state index is 12.3. The minimum Gasteiger partial charge on any atom is -0.444 e. The summed E-state index contributed by atoms with van der Waals surface area (Å²) >= 11 is 0. The number of nitrogens with zero attached hydrogens (tertiary/aromatic N) is 7. The number of hydrogen-bond donors (Lipinski definition) is 2. The number of aromatic nitrogens is 6. The number of fused-ring (bicyclic) bond motifs is 1. The van der Waals surface area contributed by atoms with Gasteiger partial charge in [0.2, 0.25) is 5.95 Å². The van der Waals surface area contributed by atoms with E-state index in [0.29, 0.717) is 18.3 Å². The SMILES string of the molecule is CC(C)n1cnc2c(NCc3ccccc3-c3cnn(C)c3)nc(N3CCC(NC(=O)OC(C)(C)C)CC3)nc21. The zero-order chi connectivity index (χ0) is 28.4. The van der Waals surface area contributed by atoms with Crippen molar-refractivity contribution in [3.05, 3.63) is 48.5 Å². The second kappa shape index (κ2) is 11.1. The third-order valence-electron chi connectivity index (χ3n) is 6.94. The number of carbonyl (C=O) groups excluding carboxylic acids is 1. The fourth-order valence-corrected chi connectivity index (χ4v) is 4.94. The third kappa shape index (κ3) is 6.19. The number of alkyl carbamates (subject to hydrolysis) is 1. The zero-order valence-corrected chi connectivity index (χ0v) is 24.2. The molecule has 1 aliphatic rings. The van der Waals surface area contributed by atoms with Gasteiger partial charge in [-0.1, -0.05) is 24.3 Å². The standard InChI is InChI=1S/C29H39N9O2/c1-19(2)38-18-31-24-25(30-15-20-9-7-8-10-23(20)21-16-32-36(6)17-21)34-27(35-26(24)38)37-13-11-22(12-14-37)33-28(39)40-29(3,4)5/h7-10,16-19,22H,11-15H2,1-6H3,(H,33,39)(H,30,34,35). The van der Waals surface area contributed by atoms with Gasteiger partial charge in [-0.3, -0.25) is 4.68 Å². The highest BCUT2D eigenvalue weighted by molar-refractivity contribution is 5.84. The Labute approximate surface area is 235 Å². The summed E-state index contributed by atoms with van der Waals surface area (Å²) in [7, 11) is 1.92. The van der Waals surface area contributed by atoms with E-state index < -0.39 is 5.60 Å². The van der Waals surface area contributed by atoms with Crippen LogP contribution >= 0.6 is 0 Å². The highest BCUT2D eigenvalue weighted by atomic mass is 16.6. The number of hydrogen-bond acceptors (Lipinski definition) is 8. The van der Waals surface area contributed by atoms with E-state index in [1.807, 2.05) is 63.4 Å². The van der Waals surface area contributed by atoms with Gasteiger partial charge < -0.3 is 24.8 Å². The molecular formula is C29H39N9O2. The molecule has 3 aromatic heterocycles. The van der Waals surface area contributed by atoms with Gasteiger partial charge in [0.25, 0.3) is 0 Å². The van der Waals surface area contributed by atoms with Crippen LogP contribution in [0.15, 0.2) is 43.0 Å². The van der Waals surface area contributed by atoms with E-state index >= 15 is 0 Å². The molecule has 0 aliphatic carbocycles. The summed E-state index contributed by atoms with van der Waals surface area (Å²) in [5, 5.41) is 10.9. The van der Waals surface area contributed by atoms with Gasteiger partial charge in [0, 0.05) is 50.5 Å². The molecule has 40 heavy (non-hydrogen) atoms. The molecule has 212 valence electrons. The van der Waals surface area contributed by atoms with Crippen molar-refractivity contribution in [2.24, 2.45) is 7.05 Å². The van der Waals surface area contributed by atoms with Crippen LogP contribution in [0, 0.1) is 0 Å². The summed E-state index contributed by atoms with van der Waals surface area (Å²) in [4.78, 5) is 29.0. The second-order valence-electron chi connectivity index (χ2n) is 11.6. The van der Waals surface area contributed by atoms with Crippen molar-refractivity contribution >= 4 is 29.0 Å². The Kier molecular flexibility index (Phi) is 7.64.